The number of aromatic carboxylic acids is 1. The van der Waals surface area contributed by atoms with Gasteiger partial charge in [-0.2, -0.15) is 0 Å². The number of fused-ring (bicyclic) bond motifs is 1. The van der Waals surface area contributed by atoms with Crippen molar-refractivity contribution in [1.29, 1.82) is 0 Å². The van der Waals surface area contributed by atoms with Crippen molar-refractivity contribution in [2.75, 3.05) is 13.7 Å². The molecule has 0 aliphatic rings. The summed E-state index contributed by atoms with van der Waals surface area (Å²) >= 11 is 0. The molecule has 0 unspecified atom stereocenters. The standard InChI is InChI=1S/C24H26N2O5/c1-4-6-13-31-22-14-16(8-12-21(22)30-3)7-10-18-23(27)26(5-2)20-11-9-17(24(28)29)15-19(20)25-18/h7-12,14-15H,4-6,13H2,1-3H3,(H,28,29)/b10-7+. The van der Waals surface area contributed by atoms with Crippen LogP contribution in [0.3, 0.4) is 0 Å². The molecule has 3 rings (SSSR count). The van der Waals surface area contributed by atoms with Crippen molar-refractivity contribution in [3.63, 3.8) is 0 Å². The lowest BCUT2D eigenvalue weighted by Gasteiger charge is -2.11. The lowest BCUT2D eigenvalue weighted by molar-refractivity contribution is 0.0697. The SMILES string of the molecule is CCCCOc1cc(/C=C/c2nc3cc(C(=O)O)ccc3n(CC)c2=O)ccc1OC. The van der Waals surface area contributed by atoms with E-state index in [1.807, 2.05) is 25.1 Å². The molecule has 7 heteroatoms. The minimum atomic E-state index is -1.04. The Morgan fingerprint density at radius 2 is 1.94 bits per heavy atom. The Bertz CT molecular complexity index is 1180. The Morgan fingerprint density at radius 1 is 1.13 bits per heavy atom. The number of hydrogen-bond acceptors (Lipinski definition) is 5. The predicted molar refractivity (Wildman–Crippen MR) is 121 cm³/mol. The third-order valence-electron chi connectivity index (χ3n) is 4.91. The molecule has 0 radical (unpaired) electrons. The van der Waals surface area contributed by atoms with Crippen LogP contribution in [0.1, 0.15) is 48.3 Å². The first-order valence-electron chi connectivity index (χ1n) is 10.2. The van der Waals surface area contributed by atoms with Crippen LogP contribution in [0, 0.1) is 0 Å². The van der Waals surface area contributed by atoms with Gasteiger partial charge < -0.3 is 19.1 Å². The van der Waals surface area contributed by atoms with E-state index in [-0.39, 0.29) is 16.8 Å². The summed E-state index contributed by atoms with van der Waals surface area (Å²) in [7, 11) is 1.59. The van der Waals surface area contributed by atoms with Crippen LogP contribution in [0.4, 0.5) is 0 Å². The summed E-state index contributed by atoms with van der Waals surface area (Å²) in [6.45, 7) is 5.00. The lowest BCUT2D eigenvalue weighted by atomic mass is 10.1. The van der Waals surface area contributed by atoms with Crippen molar-refractivity contribution in [3.8, 4) is 11.5 Å². The monoisotopic (exact) mass is 422 g/mol. The van der Waals surface area contributed by atoms with Crippen LogP contribution in [0.2, 0.25) is 0 Å². The third-order valence-corrected chi connectivity index (χ3v) is 4.91. The second kappa shape index (κ2) is 9.93. The van der Waals surface area contributed by atoms with E-state index < -0.39 is 5.97 Å². The number of aryl methyl sites for hydroxylation is 1. The van der Waals surface area contributed by atoms with E-state index in [0.717, 1.165) is 18.4 Å². The van der Waals surface area contributed by atoms with Crippen LogP contribution in [0.15, 0.2) is 41.2 Å². The number of carboxylic acids is 1. The van der Waals surface area contributed by atoms with Crippen molar-refractivity contribution < 1.29 is 19.4 Å². The van der Waals surface area contributed by atoms with Crippen molar-refractivity contribution in [2.45, 2.75) is 33.2 Å². The summed E-state index contributed by atoms with van der Waals surface area (Å²) in [6.07, 6.45) is 5.39. The molecule has 0 spiro atoms. The maximum Gasteiger partial charge on any atom is 0.335 e. The molecule has 0 saturated heterocycles. The number of unbranched alkanes of at least 4 members (excludes halogenated alkanes) is 1. The topological polar surface area (TPSA) is 90.6 Å². The van der Waals surface area contributed by atoms with Gasteiger partial charge in [0, 0.05) is 6.54 Å². The minimum Gasteiger partial charge on any atom is -0.493 e. The first kappa shape index (κ1) is 22.1. The molecule has 0 aliphatic carbocycles. The van der Waals surface area contributed by atoms with E-state index >= 15 is 0 Å². The summed E-state index contributed by atoms with van der Waals surface area (Å²) in [5.74, 6) is 0.247. The van der Waals surface area contributed by atoms with Crippen molar-refractivity contribution in [1.82, 2.24) is 9.55 Å². The Balaban J connectivity index is 2.00. The van der Waals surface area contributed by atoms with Crippen LogP contribution < -0.4 is 15.0 Å². The van der Waals surface area contributed by atoms with Gasteiger partial charge in [-0.05, 0) is 55.3 Å². The normalized spacial score (nSPS) is 11.2. The van der Waals surface area contributed by atoms with Gasteiger partial charge in [-0.1, -0.05) is 25.5 Å². The number of nitrogens with zero attached hydrogens (tertiary/aromatic N) is 2. The van der Waals surface area contributed by atoms with E-state index in [0.29, 0.717) is 35.7 Å². The van der Waals surface area contributed by atoms with Crippen LogP contribution in [0.25, 0.3) is 23.2 Å². The van der Waals surface area contributed by atoms with E-state index in [4.69, 9.17) is 9.47 Å². The van der Waals surface area contributed by atoms with E-state index in [9.17, 15) is 14.7 Å². The van der Waals surface area contributed by atoms with Gasteiger partial charge in [0.25, 0.3) is 5.56 Å². The van der Waals surface area contributed by atoms with Gasteiger partial charge >= 0.3 is 5.97 Å². The minimum absolute atomic E-state index is 0.125. The van der Waals surface area contributed by atoms with Crippen molar-refractivity contribution in [3.05, 3.63) is 63.6 Å². The Hall–Kier alpha value is -3.61. The van der Waals surface area contributed by atoms with Gasteiger partial charge in [-0.25, -0.2) is 9.78 Å². The quantitative estimate of drug-likeness (QED) is 0.512. The molecule has 0 bridgehead atoms. The number of aromatic nitrogens is 2. The zero-order chi connectivity index (χ0) is 22.4. The first-order chi connectivity index (χ1) is 15.0. The number of methoxy groups -OCH3 is 1. The maximum absolute atomic E-state index is 12.9. The van der Waals surface area contributed by atoms with E-state index in [2.05, 4.69) is 11.9 Å². The molecule has 1 heterocycles. The van der Waals surface area contributed by atoms with Gasteiger partial charge in [-0.15, -0.1) is 0 Å². The average molecular weight is 422 g/mol. The van der Waals surface area contributed by atoms with Gasteiger partial charge in [-0.3, -0.25) is 4.79 Å². The first-order valence-corrected chi connectivity index (χ1v) is 10.2. The number of carbonyl (C=O) groups is 1. The Kier molecular flexibility index (Phi) is 7.07. The fourth-order valence-corrected chi connectivity index (χ4v) is 3.23. The summed E-state index contributed by atoms with van der Waals surface area (Å²) in [4.78, 5) is 28.6. The number of rotatable bonds is 9. The molecule has 2 aromatic carbocycles. The highest BCUT2D eigenvalue weighted by Crippen LogP contribution is 2.29. The number of ether oxygens (including phenoxy) is 2. The zero-order valence-corrected chi connectivity index (χ0v) is 17.9. The maximum atomic E-state index is 12.9. The van der Waals surface area contributed by atoms with Crippen molar-refractivity contribution >= 4 is 29.2 Å². The molecule has 0 aliphatic heterocycles. The average Bonchev–Trinajstić information content (AvgIpc) is 2.77. The van der Waals surface area contributed by atoms with Gasteiger partial charge in [0.05, 0.1) is 30.3 Å². The molecule has 0 saturated carbocycles. The second-order valence-electron chi connectivity index (χ2n) is 7.00. The summed E-state index contributed by atoms with van der Waals surface area (Å²) in [6, 6.07) is 10.1. The molecule has 0 fully saturated rings. The summed E-state index contributed by atoms with van der Waals surface area (Å²) in [5.41, 5.74) is 2.02. The van der Waals surface area contributed by atoms with Gasteiger partial charge in [0.1, 0.15) is 5.69 Å². The van der Waals surface area contributed by atoms with Crippen molar-refractivity contribution in [2.24, 2.45) is 0 Å². The summed E-state index contributed by atoms with van der Waals surface area (Å²) in [5, 5.41) is 9.26. The fraction of sp³-hybridized carbons (Fsp3) is 0.292. The Labute approximate surface area is 180 Å². The Morgan fingerprint density at radius 3 is 2.61 bits per heavy atom. The fourth-order valence-electron chi connectivity index (χ4n) is 3.23. The second-order valence-corrected chi connectivity index (χ2v) is 7.00. The molecule has 31 heavy (non-hydrogen) atoms. The third kappa shape index (κ3) is 4.94. The molecular weight excluding hydrogens is 396 g/mol. The highest BCUT2D eigenvalue weighted by Gasteiger charge is 2.11. The summed E-state index contributed by atoms with van der Waals surface area (Å²) < 4.78 is 12.8. The molecule has 1 aromatic heterocycles. The predicted octanol–water partition coefficient (Wildman–Crippen LogP) is 4.47. The van der Waals surface area contributed by atoms with E-state index in [1.165, 1.54) is 12.1 Å². The number of benzene rings is 2. The van der Waals surface area contributed by atoms with Crippen LogP contribution >= 0.6 is 0 Å². The molecular formula is C24H26N2O5. The number of carboxylic acid groups (broad SMARTS) is 1. The van der Waals surface area contributed by atoms with Gasteiger partial charge in [0.15, 0.2) is 11.5 Å². The smallest absolute Gasteiger partial charge is 0.335 e. The molecule has 0 atom stereocenters. The van der Waals surface area contributed by atoms with Gasteiger partial charge in [0.2, 0.25) is 0 Å². The number of hydrogen-bond donors (Lipinski definition) is 1. The molecule has 7 nitrogen and oxygen atoms in total. The zero-order valence-electron chi connectivity index (χ0n) is 17.9. The van der Waals surface area contributed by atoms with Crippen LogP contribution in [-0.2, 0) is 6.54 Å². The highest BCUT2D eigenvalue weighted by molar-refractivity contribution is 5.92. The molecule has 3 aromatic rings. The van der Waals surface area contributed by atoms with Crippen LogP contribution in [0.5, 0.6) is 11.5 Å². The lowest BCUT2D eigenvalue weighted by Crippen LogP contribution is -2.23. The molecule has 0 amide bonds. The van der Waals surface area contributed by atoms with Crippen LogP contribution in [-0.4, -0.2) is 34.3 Å². The highest BCUT2D eigenvalue weighted by atomic mass is 16.5. The molecule has 162 valence electrons. The molecule has 1 N–H and O–H groups in total. The van der Waals surface area contributed by atoms with E-state index in [1.54, 1.807) is 29.9 Å². The largest absolute Gasteiger partial charge is 0.493 e.